The molecule has 5 aromatic rings. The van der Waals surface area contributed by atoms with Gasteiger partial charge >= 0.3 is 25.8 Å². The standard InChI is InChI=1S/C33H24F2Si.2CH3.Hf/c1-2-5-30-29-9-4-8-28(22-12-16-25(35)17-13-22)32(29)20-33(30)36-26-18-23-6-3-7-27(31(23)19-26)21-10-14-24(34)15-11-21;;;/h3-4,6-20,30H,1-2,5H2;2*1H3;/q-2;2*-1;+4. The quantitative estimate of drug-likeness (QED) is 0.123. The maximum absolute atomic E-state index is 13.6. The van der Waals surface area contributed by atoms with E-state index in [0.29, 0.717) is 15.4 Å². The van der Waals surface area contributed by atoms with Crippen molar-refractivity contribution >= 4 is 31.6 Å². The van der Waals surface area contributed by atoms with Crippen molar-refractivity contribution in [1.29, 1.82) is 0 Å². The molecule has 0 spiro atoms. The smallest absolute Gasteiger partial charge is 0.358 e. The fourth-order valence-corrected chi connectivity index (χ4v) is 6.81. The van der Waals surface area contributed by atoms with Crippen LogP contribution >= 0.6 is 0 Å². The van der Waals surface area contributed by atoms with E-state index in [1.54, 1.807) is 0 Å². The van der Waals surface area contributed by atoms with Gasteiger partial charge in [-0.1, -0.05) is 71.8 Å². The number of halogens is 2. The first-order valence-electron chi connectivity index (χ1n) is 12.2. The fourth-order valence-electron chi connectivity index (χ4n) is 5.35. The summed E-state index contributed by atoms with van der Waals surface area (Å²) in [7, 11) is 0.545. The van der Waals surface area contributed by atoms with E-state index < -0.39 is 0 Å². The van der Waals surface area contributed by atoms with E-state index in [1.807, 2.05) is 24.3 Å². The van der Waals surface area contributed by atoms with Crippen LogP contribution in [0.5, 0.6) is 0 Å². The normalized spacial score (nSPS) is 13.6. The zero-order valence-corrected chi connectivity index (χ0v) is 26.9. The average molecular weight is 695 g/mol. The molecule has 192 valence electrons. The van der Waals surface area contributed by atoms with Crippen LogP contribution in [0.1, 0.15) is 29.9 Å². The first-order valence-corrected chi connectivity index (χ1v) is 13.2. The maximum Gasteiger partial charge on any atom is 4.00 e. The zero-order chi connectivity index (χ0) is 24.6. The summed E-state index contributed by atoms with van der Waals surface area (Å²) in [4.78, 5) is 0. The van der Waals surface area contributed by atoms with Crippen molar-refractivity contribution in [3.8, 4) is 22.3 Å². The molecular weight excluding hydrogens is 665 g/mol. The van der Waals surface area contributed by atoms with E-state index in [0.717, 1.165) is 35.1 Å². The molecule has 1 atom stereocenters. The summed E-state index contributed by atoms with van der Waals surface area (Å²) >= 11 is 0. The van der Waals surface area contributed by atoms with Gasteiger partial charge in [-0.2, -0.15) is 12.5 Å². The minimum Gasteiger partial charge on any atom is -0.358 e. The van der Waals surface area contributed by atoms with Crippen LogP contribution in [0.15, 0.2) is 102 Å². The van der Waals surface area contributed by atoms with Crippen molar-refractivity contribution < 1.29 is 34.6 Å². The van der Waals surface area contributed by atoms with Crippen LogP contribution in [0, 0.1) is 33.4 Å². The molecule has 0 N–H and O–H groups in total. The van der Waals surface area contributed by atoms with Gasteiger partial charge in [0.1, 0.15) is 11.6 Å². The molecule has 0 aromatic heterocycles. The van der Waals surface area contributed by atoms with Crippen LogP contribution < -0.4 is 5.19 Å². The molecule has 39 heavy (non-hydrogen) atoms. The van der Waals surface area contributed by atoms with Crippen molar-refractivity contribution in [2.75, 3.05) is 0 Å². The van der Waals surface area contributed by atoms with Crippen molar-refractivity contribution in [3.63, 3.8) is 0 Å². The molecule has 0 heterocycles. The molecule has 0 fully saturated rings. The van der Waals surface area contributed by atoms with Gasteiger partial charge in [-0.3, -0.25) is 0 Å². The molecule has 0 saturated heterocycles. The Morgan fingerprint density at radius 3 is 2.00 bits per heavy atom. The molecule has 1 aliphatic rings. The second-order valence-electron chi connectivity index (χ2n) is 9.29. The Morgan fingerprint density at radius 1 is 0.769 bits per heavy atom. The molecule has 1 unspecified atom stereocenters. The number of hydrogen-bond donors (Lipinski definition) is 0. The first kappa shape index (κ1) is 30.7. The number of benzene rings is 4. The largest absolute Gasteiger partial charge is 4.00 e. The number of fused-ring (bicyclic) bond motifs is 2. The molecule has 4 heteroatoms. The van der Waals surface area contributed by atoms with E-state index in [-0.39, 0.29) is 52.3 Å². The molecule has 0 nitrogen and oxygen atoms in total. The third-order valence-electron chi connectivity index (χ3n) is 7.03. The zero-order valence-electron chi connectivity index (χ0n) is 22.3. The summed E-state index contributed by atoms with van der Waals surface area (Å²) in [5.41, 5.74) is 6.91. The van der Waals surface area contributed by atoms with Gasteiger partial charge in [0.05, 0.1) is 9.52 Å². The van der Waals surface area contributed by atoms with Crippen LogP contribution in [0.3, 0.4) is 0 Å². The Labute approximate surface area is 252 Å². The van der Waals surface area contributed by atoms with E-state index in [1.165, 1.54) is 56.5 Å². The third-order valence-corrected chi connectivity index (χ3v) is 8.39. The summed E-state index contributed by atoms with van der Waals surface area (Å²) in [5, 5.41) is 5.12. The van der Waals surface area contributed by atoms with Crippen LogP contribution in [0.2, 0.25) is 0 Å². The molecule has 0 aliphatic heterocycles. The number of rotatable bonds is 6. The second kappa shape index (κ2) is 13.0. The Kier molecular flexibility index (Phi) is 10.3. The maximum atomic E-state index is 13.6. The molecule has 2 radical (unpaired) electrons. The predicted octanol–water partition coefficient (Wildman–Crippen LogP) is 9.15. The molecule has 5 aromatic carbocycles. The third kappa shape index (κ3) is 6.02. The predicted molar refractivity (Wildman–Crippen MR) is 160 cm³/mol. The van der Waals surface area contributed by atoms with Crippen LogP contribution in [0.25, 0.3) is 39.1 Å². The summed E-state index contributed by atoms with van der Waals surface area (Å²) in [5.74, 6) is -0.104. The Bertz CT molecular complexity index is 1580. The fraction of sp³-hybridized carbons (Fsp3) is 0.0857. The van der Waals surface area contributed by atoms with Gasteiger partial charge < -0.3 is 21.8 Å². The molecule has 0 bridgehead atoms. The summed E-state index contributed by atoms with van der Waals surface area (Å²) < 4.78 is 27.0. The van der Waals surface area contributed by atoms with Crippen molar-refractivity contribution in [2.45, 2.75) is 18.8 Å². The van der Waals surface area contributed by atoms with Gasteiger partial charge in [-0.25, -0.2) is 8.78 Å². The summed E-state index contributed by atoms with van der Waals surface area (Å²) in [6.45, 7) is 4.15. The Balaban J connectivity index is 0.00000140. The monoisotopic (exact) mass is 696 g/mol. The van der Waals surface area contributed by atoms with E-state index in [9.17, 15) is 8.78 Å². The van der Waals surface area contributed by atoms with Gasteiger partial charge in [0.2, 0.25) is 0 Å². The molecule has 0 saturated carbocycles. The summed E-state index contributed by atoms with van der Waals surface area (Å²) in [6, 6.07) is 30.8. The van der Waals surface area contributed by atoms with Crippen LogP contribution in [-0.4, -0.2) is 9.52 Å². The van der Waals surface area contributed by atoms with Gasteiger partial charge in [-0.15, -0.1) is 34.2 Å². The van der Waals surface area contributed by atoms with Crippen molar-refractivity contribution in [2.24, 2.45) is 0 Å². The van der Waals surface area contributed by atoms with E-state index in [4.69, 9.17) is 0 Å². The second-order valence-corrected chi connectivity index (χ2v) is 10.7. The van der Waals surface area contributed by atoms with Gasteiger partial charge in [-0.05, 0) is 58.0 Å². The van der Waals surface area contributed by atoms with Crippen molar-refractivity contribution in [1.82, 2.24) is 0 Å². The van der Waals surface area contributed by atoms with Gasteiger partial charge in [0.15, 0.2) is 0 Å². The summed E-state index contributed by atoms with van der Waals surface area (Å²) in [6.07, 6.45) is 4.22. The van der Waals surface area contributed by atoms with E-state index in [2.05, 4.69) is 61.5 Å². The minimum absolute atomic E-state index is 0. The van der Waals surface area contributed by atoms with Crippen molar-refractivity contribution in [3.05, 3.63) is 147 Å². The molecule has 1 aliphatic carbocycles. The molecule has 0 amide bonds. The van der Waals surface area contributed by atoms with E-state index >= 15 is 0 Å². The number of allylic oxidation sites excluding steroid dienone is 1. The molecule has 6 rings (SSSR count). The van der Waals surface area contributed by atoms with Crippen LogP contribution in [-0.2, 0) is 25.8 Å². The van der Waals surface area contributed by atoms with Gasteiger partial charge in [0.25, 0.3) is 0 Å². The molecular formula is C35H30F2HfSi. The van der Waals surface area contributed by atoms with Gasteiger partial charge in [0, 0.05) is 0 Å². The SMILES string of the molecule is [CH2-]CCC1C([Si]c2cc3c(-c4ccc(F)cc4)cccc3[cH-]2)=Cc2c(-c3ccc(F)cc3)cccc21.[CH3-].[CH3-].[Hf+4]. The Morgan fingerprint density at radius 2 is 1.36 bits per heavy atom. The minimum atomic E-state index is -0.222. The average Bonchev–Trinajstić information content (AvgIpc) is 3.46. The Hall–Kier alpha value is -2.82. The topological polar surface area (TPSA) is 0 Å². The number of hydrogen-bond acceptors (Lipinski definition) is 0. The first-order chi connectivity index (χ1) is 17.6. The van der Waals surface area contributed by atoms with Crippen LogP contribution in [0.4, 0.5) is 8.78 Å².